The molecule has 0 saturated carbocycles. The van der Waals surface area contributed by atoms with E-state index in [1.165, 1.54) is 30.7 Å². The van der Waals surface area contributed by atoms with Gasteiger partial charge in [-0.05, 0) is 13.8 Å². The van der Waals surface area contributed by atoms with E-state index in [9.17, 15) is 0 Å². The van der Waals surface area contributed by atoms with Crippen LogP contribution in [-0.4, -0.2) is 62.5 Å². The molecule has 0 atom stereocenters. The molecule has 0 spiro atoms. The van der Waals surface area contributed by atoms with Crippen molar-refractivity contribution < 1.29 is 28.8 Å². The number of hydrogen-bond acceptors (Lipinski definition) is 6. The molecule has 0 amide bonds. The van der Waals surface area contributed by atoms with Crippen LogP contribution in [0, 0.1) is 13.8 Å². The summed E-state index contributed by atoms with van der Waals surface area (Å²) in [6, 6.07) is 16.9. The van der Waals surface area contributed by atoms with Crippen LogP contribution in [0.25, 0.3) is 0 Å². The largest absolute Gasteiger partial charge is 0.528 e. The highest BCUT2D eigenvalue weighted by Crippen LogP contribution is 2.05. The fraction of sp³-hybridized carbons (Fsp3) is 0.500. The predicted molar refractivity (Wildman–Crippen MR) is 154 cm³/mol. The Balaban J connectivity index is 0. The van der Waals surface area contributed by atoms with Crippen LogP contribution in [0.4, 0.5) is 0 Å². The maximum atomic E-state index is 8.83. The maximum absolute atomic E-state index is 8.83. The molecule has 0 saturated heterocycles. The van der Waals surface area contributed by atoms with Gasteiger partial charge in [-0.3, -0.25) is 0 Å². The lowest BCUT2D eigenvalue weighted by Crippen LogP contribution is -2.48. The summed E-state index contributed by atoms with van der Waals surface area (Å²) >= 11 is 0. The first-order valence-electron chi connectivity index (χ1n) is 11.6. The van der Waals surface area contributed by atoms with Crippen LogP contribution >= 0.6 is 0 Å². The molecule has 0 aliphatic heterocycles. The van der Waals surface area contributed by atoms with E-state index in [1.807, 2.05) is 6.92 Å². The second-order valence-electron chi connectivity index (χ2n) is 10.7. The smallest absolute Gasteiger partial charge is 0.390 e. The molecule has 6 nitrogen and oxygen atoms in total. The average molecular weight is 545 g/mol. The van der Waals surface area contributed by atoms with Gasteiger partial charge in [0.1, 0.15) is 0 Å². The normalized spacial score (nSPS) is 11.8. The van der Waals surface area contributed by atoms with E-state index >= 15 is 0 Å². The van der Waals surface area contributed by atoms with Gasteiger partial charge in [-0.15, -0.1) is 0 Å². The van der Waals surface area contributed by atoms with Gasteiger partial charge in [0.05, 0.1) is 8.07 Å². The highest BCUT2D eigenvalue weighted by Gasteiger charge is 2.29. The van der Waals surface area contributed by atoms with Crippen molar-refractivity contribution in [2.75, 3.05) is 0 Å². The molecule has 0 aliphatic carbocycles. The first-order chi connectivity index (χ1) is 15.1. The van der Waals surface area contributed by atoms with Crippen molar-refractivity contribution in [2.45, 2.75) is 79.1 Å². The highest BCUT2D eigenvalue weighted by atomic mass is 28.4. The molecule has 34 heavy (non-hydrogen) atoms. The minimum Gasteiger partial charge on any atom is -0.390 e. The van der Waals surface area contributed by atoms with E-state index in [-0.39, 0.29) is 11.2 Å². The summed E-state index contributed by atoms with van der Waals surface area (Å²) in [4.78, 5) is 50.7. The van der Waals surface area contributed by atoms with E-state index in [0.717, 1.165) is 5.56 Å². The van der Waals surface area contributed by atoms with Crippen LogP contribution in [0.3, 0.4) is 0 Å². The summed E-state index contributed by atoms with van der Waals surface area (Å²) in [5.41, 5.74) is 2.37. The minimum absolute atomic E-state index is 0.0764. The van der Waals surface area contributed by atoms with E-state index < -0.39 is 33.8 Å². The third kappa shape index (κ3) is 20.4. The maximum Gasteiger partial charge on any atom is 0.528 e. The Labute approximate surface area is 211 Å². The molecular weight excluding hydrogens is 497 g/mol. The summed E-state index contributed by atoms with van der Waals surface area (Å²) in [6.07, 6.45) is 0. The SMILES string of the molecule is CC[Si](C)(C)C.CC[Si](O)(O)O.Cc1ccc([Si](C)(C)C)cc1.Cc1ccc([Si](O)(O)O)cc1. The second kappa shape index (κ2) is 15.2. The number of aryl methyl sites for hydroxylation is 2. The lowest BCUT2D eigenvalue weighted by atomic mass is 10.2. The minimum atomic E-state index is -4.06. The third-order valence-corrected chi connectivity index (χ3v) is 11.1. The van der Waals surface area contributed by atoms with Gasteiger partial charge in [0.2, 0.25) is 0 Å². The van der Waals surface area contributed by atoms with Gasteiger partial charge in [-0.2, -0.15) is 0 Å². The zero-order valence-electron chi connectivity index (χ0n) is 22.7. The molecule has 0 aliphatic rings. The van der Waals surface area contributed by atoms with Gasteiger partial charge in [0, 0.05) is 19.3 Å². The quantitative estimate of drug-likeness (QED) is 0.329. The molecule has 2 aromatic carbocycles. The van der Waals surface area contributed by atoms with Crippen molar-refractivity contribution in [3.63, 3.8) is 0 Å². The number of rotatable bonds is 4. The molecule has 10 heteroatoms. The van der Waals surface area contributed by atoms with Crippen molar-refractivity contribution in [3.05, 3.63) is 59.7 Å². The zero-order chi connectivity index (χ0) is 27.4. The average Bonchev–Trinajstić information content (AvgIpc) is 2.67. The Morgan fingerprint density at radius 2 is 0.794 bits per heavy atom. The van der Waals surface area contributed by atoms with Crippen LogP contribution in [-0.2, 0) is 0 Å². The van der Waals surface area contributed by atoms with Crippen molar-refractivity contribution in [2.24, 2.45) is 0 Å². The Morgan fingerprint density at radius 3 is 0.971 bits per heavy atom. The van der Waals surface area contributed by atoms with Gasteiger partial charge in [-0.1, -0.05) is 124 Å². The third-order valence-electron chi connectivity index (χ3n) is 4.89. The fourth-order valence-corrected chi connectivity index (χ4v) is 3.61. The standard InChI is InChI=1S/C10H16Si.C7H10O3Si.C5H14Si.C2H8O3Si/c1-9-5-7-10(8-6-9)11(2,3)4;1-6-2-4-7(5-3-6)11(8,9)10;1-5-6(2,3)4;1-2-6(3,4)5/h5-8H,1-4H3;2-5,8-10H,1H3;5H2,1-4H3;3-5H,2H2,1H3. The molecule has 2 aromatic rings. The van der Waals surface area contributed by atoms with Gasteiger partial charge in [0.25, 0.3) is 0 Å². The zero-order valence-corrected chi connectivity index (χ0v) is 26.7. The molecule has 6 N–H and O–H groups in total. The van der Waals surface area contributed by atoms with E-state index in [2.05, 4.69) is 77.4 Å². The first-order valence-corrected chi connectivity index (χ1v) is 22.7. The Morgan fingerprint density at radius 1 is 0.529 bits per heavy atom. The Hall–Kier alpha value is -0.932. The Bertz CT molecular complexity index is 716. The van der Waals surface area contributed by atoms with Crippen LogP contribution < -0.4 is 10.4 Å². The molecule has 0 unspecified atom stereocenters. The lowest BCUT2D eigenvalue weighted by Gasteiger charge is -2.16. The Kier molecular flexibility index (Phi) is 15.8. The molecule has 0 radical (unpaired) electrons. The summed E-state index contributed by atoms with van der Waals surface area (Å²) in [5, 5.41) is 1.76. The number of hydrogen-bond donors (Lipinski definition) is 6. The van der Waals surface area contributed by atoms with Crippen molar-refractivity contribution in [1.29, 1.82) is 0 Å². The topological polar surface area (TPSA) is 121 Å². The van der Waals surface area contributed by atoms with Crippen LogP contribution in [0.5, 0.6) is 0 Å². The van der Waals surface area contributed by atoms with E-state index in [1.54, 1.807) is 17.3 Å². The van der Waals surface area contributed by atoms with Crippen molar-refractivity contribution >= 4 is 44.1 Å². The van der Waals surface area contributed by atoms with Gasteiger partial charge in [-0.25, -0.2) is 0 Å². The van der Waals surface area contributed by atoms with E-state index in [0.29, 0.717) is 0 Å². The van der Waals surface area contributed by atoms with Crippen LogP contribution in [0.1, 0.15) is 25.0 Å². The van der Waals surface area contributed by atoms with Crippen molar-refractivity contribution in [1.82, 2.24) is 0 Å². The van der Waals surface area contributed by atoms with Gasteiger partial charge >= 0.3 is 17.6 Å². The van der Waals surface area contributed by atoms with Crippen molar-refractivity contribution in [3.8, 4) is 0 Å². The molecular formula is C24H48O6Si4. The van der Waals surface area contributed by atoms with Crippen LogP contribution in [0.15, 0.2) is 48.5 Å². The summed E-state index contributed by atoms with van der Waals surface area (Å²) in [5.74, 6) is 0. The fourth-order valence-electron chi connectivity index (χ4n) is 1.83. The van der Waals surface area contributed by atoms with Gasteiger partial charge < -0.3 is 28.8 Å². The summed E-state index contributed by atoms with van der Waals surface area (Å²) in [6.45, 7) is 22.1. The second-order valence-corrected chi connectivity index (χ2v) is 25.7. The first kappa shape index (κ1) is 35.2. The summed E-state index contributed by atoms with van der Waals surface area (Å²) in [7, 11) is -9.37. The lowest BCUT2D eigenvalue weighted by molar-refractivity contribution is 0.230. The number of benzene rings is 2. The monoisotopic (exact) mass is 544 g/mol. The molecule has 196 valence electrons. The predicted octanol–water partition coefficient (Wildman–Crippen LogP) is 2.92. The highest BCUT2D eigenvalue weighted by molar-refractivity contribution is 6.88. The van der Waals surface area contributed by atoms with Crippen LogP contribution in [0.2, 0.25) is 51.4 Å². The van der Waals surface area contributed by atoms with E-state index in [4.69, 9.17) is 28.8 Å². The molecule has 0 fully saturated rings. The molecule has 0 bridgehead atoms. The molecule has 0 heterocycles. The molecule has 0 aromatic heterocycles. The summed E-state index contributed by atoms with van der Waals surface area (Å²) < 4.78 is 0. The van der Waals surface area contributed by atoms with Gasteiger partial charge in [0.15, 0.2) is 0 Å². The molecule has 2 rings (SSSR count).